The van der Waals surface area contributed by atoms with Crippen molar-refractivity contribution in [2.75, 3.05) is 11.9 Å². The van der Waals surface area contributed by atoms with E-state index in [0.717, 1.165) is 17.9 Å². The summed E-state index contributed by atoms with van der Waals surface area (Å²) in [6, 6.07) is 15.4. The van der Waals surface area contributed by atoms with Crippen LogP contribution >= 0.6 is 11.8 Å². The van der Waals surface area contributed by atoms with E-state index in [1.54, 1.807) is 0 Å². The number of amides is 1. The Balaban J connectivity index is 1.40. The Morgan fingerprint density at radius 2 is 1.93 bits per heavy atom. The largest absolute Gasteiger partial charge is 0.485 e. The zero-order valence-electron chi connectivity index (χ0n) is 17.2. The van der Waals surface area contributed by atoms with Gasteiger partial charge in [0.15, 0.2) is 28.6 Å². The fraction of sp³-hybridized carbons (Fsp3) is 0.318. The van der Waals surface area contributed by atoms with Gasteiger partial charge < -0.3 is 19.4 Å². The summed E-state index contributed by atoms with van der Waals surface area (Å²) in [6.45, 7) is 4.31. The van der Waals surface area contributed by atoms with Crippen LogP contribution in [0.3, 0.4) is 0 Å². The Hall–Kier alpha value is -3.00. The number of ether oxygens (including phenoxy) is 2. The van der Waals surface area contributed by atoms with Crippen molar-refractivity contribution in [3.05, 3.63) is 59.9 Å². The molecule has 0 saturated heterocycles. The third kappa shape index (κ3) is 4.28. The zero-order valence-corrected chi connectivity index (χ0v) is 18.0. The average molecular weight is 425 g/mol. The lowest BCUT2D eigenvalue weighted by Crippen LogP contribution is -2.25. The van der Waals surface area contributed by atoms with Gasteiger partial charge in [-0.15, -0.1) is 10.2 Å². The molecule has 1 aliphatic rings. The lowest BCUT2D eigenvalue weighted by molar-refractivity contribution is -0.115. The van der Waals surface area contributed by atoms with Crippen LogP contribution in [0.15, 0.2) is 53.7 Å². The zero-order chi connectivity index (χ0) is 21.1. The first kappa shape index (κ1) is 20.3. The first-order valence-corrected chi connectivity index (χ1v) is 10.8. The molecule has 4 rings (SSSR count). The minimum atomic E-state index is -0.354. The number of hydrogen-bond acceptors (Lipinski definition) is 6. The Bertz CT molecular complexity index is 1040. The molecule has 156 valence electrons. The molecule has 0 saturated carbocycles. The monoisotopic (exact) mass is 424 g/mol. The smallest absolute Gasteiger partial charge is 0.237 e. The van der Waals surface area contributed by atoms with Gasteiger partial charge in [0.1, 0.15) is 6.61 Å². The summed E-state index contributed by atoms with van der Waals surface area (Å²) in [4.78, 5) is 12.6. The van der Waals surface area contributed by atoms with Crippen molar-refractivity contribution in [1.29, 1.82) is 0 Å². The van der Waals surface area contributed by atoms with E-state index in [1.165, 1.54) is 17.3 Å². The highest BCUT2D eigenvalue weighted by molar-refractivity contribution is 8.00. The molecule has 1 N–H and O–H groups in total. The van der Waals surface area contributed by atoms with Crippen LogP contribution in [0.25, 0.3) is 0 Å². The summed E-state index contributed by atoms with van der Waals surface area (Å²) in [5.41, 5.74) is 2.02. The van der Waals surface area contributed by atoms with Crippen LogP contribution in [0.1, 0.15) is 31.3 Å². The molecular weight excluding hydrogens is 400 g/mol. The molecule has 1 aliphatic heterocycles. The van der Waals surface area contributed by atoms with Gasteiger partial charge in [-0.2, -0.15) is 0 Å². The molecule has 2 aromatic carbocycles. The first-order valence-electron chi connectivity index (χ1n) is 9.89. The van der Waals surface area contributed by atoms with Crippen LogP contribution in [0.5, 0.6) is 11.5 Å². The molecule has 2 atom stereocenters. The van der Waals surface area contributed by atoms with Crippen LogP contribution < -0.4 is 14.8 Å². The van der Waals surface area contributed by atoms with Crippen molar-refractivity contribution < 1.29 is 14.3 Å². The van der Waals surface area contributed by atoms with Gasteiger partial charge in [-0.05, 0) is 43.2 Å². The highest BCUT2D eigenvalue weighted by atomic mass is 32.2. The van der Waals surface area contributed by atoms with Gasteiger partial charge in [0.05, 0.1) is 5.25 Å². The number of fused-ring (bicyclic) bond motifs is 1. The van der Waals surface area contributed by atoms with E-state index < -0.39 is 0 Å². The molecule has 0 unspecified atom stereocenters. The minimum Gasteiger partial charge on any atom is -0.485 e. The Morgan fingerprint density at radius 1 is 1.20 bits per heavy atom. The number of benzene rings is 2. The minimum absolute atomic E-state index is 0.0834. The summed E-state index contributed by atoms with van der Waals surface area (Å²) in [5, 5.41) is 11.8. The Morgan fingerprint density at radius 3 is 2.67 bits per heavy atom. The van der Waals surface area contributed by atoms with E-state index in [4.69, 9.17) is 9.47 Å². The van der Waals surface area contributed by atoms with Crippen molar-refractivity contribution in [1.82, 2.24) is 14.8 Å². The molecule has 0 radical (unpaired) electrons. The van der Waals surface area contributed by atoms with Gasteiger partial charge in [-0.1, -0.05) is 43.0 Å². The second-order valence-electron chi connectivity index (χ2n) is 7.06. The number of thioether (sulfide) groups is 1. The number of rotatable bonds is 6. The molecule has 1 aromatic heterocycles. The molecule has 0 aliphatic carbocycles. The number of para-hydroxylation sites is 2. The molecule has 7 nitrogen and oxygen atoms in total. The van der Waals surface area contributed by atoms with Crippen molar-refractivity contribution in [3.63, 3.8) is 0 Å². The maximum absolute atomic E-state index is 12.6. The maximum Gasteiger partial charge on any atom is 0.237 e. The van der Waals surface area contributed by atoms with E-state index in [2.05, 4.69) is 22.4 Å². The number of nitrogens with zero attached hydrogens (tertiary/aromatic N) is 3. The van der Waals surface area contributed by atoms with E-state index in [-0.39, 0.29) is 17.3 Å². The average Bonchev–Trinajstić information content (AvgIpc) is 3.13. The highest BCUT2D eigenvalue weighted by Gasteiger charge is 2.28. The SMILES string of the molecule is CCc1ccc(NC(=O)[C@H](C)Sc2nnc([C@@H]3COc4ccccc4O3)n2C)cc1. The number of carbonyl (C=O) groups is 1. The molecule has 3 aromatic rings. The lowest BCUT2D eigenvalue weighted by atomic mass is 10.1. The van der Waals surface area contributed by atoms with E-state index in [9.17, 15) is 4.79 Å². The predicted molar refractivity (Wildman–Crippen MR) is 116 cm³/mol. The molecule has 0 fully saturated rings. The van der Waals surface area contributed by atoms with Crippen molar-refractivity contribution in [2.45, 2.75) is 36.8 Å². The molecular formula is C22H24N4O3S. The molecule has 0 spiro atoms. The van der Waals surface area contributed by atoms with Gasteiger partial charge in [0, 0.05) is 12.7 Å². The molecule has 8 heteroatoms. The lowest BCUT2D eigenvalue weighted by Gasteiger charge is -2.25. The quantitative estimate of drug-likeness (QED) is 0.603. The van der Waals surface area contributed by atoms with Crippen molar-refractivity contribution >= 4 is 23.4 Å². The van der Waals surface area contributed by atoms with Crippen LogP contribution in [0.4, 0.5) is 5.69 Å². The topological polar surface area (TPSA) is 78.3 Å². The van der Waals surface area contributed by atoms with Gasteiger partial charge in [0.25, 0.3) is 0 Å². The number of aromatic nitrogens is 3. The number of carbonyl (C=O) groups excluding carboxylic acids is 1. The number of nitrogens with one attached hydrogen (secondary N) is 1. The van der Waals surface area contributed by atoms with E-state index in [0.29, 0.717) is 23.3 Å². The molecule has 0 bridgehead atoms. The van der Waals surface area contributed by atoms with Crippen LogP contribution in [-0.4, -0.2) is 32.5 Å². The molecule has 30 heavy (non-hydrogen) atoms. The van der Waals surface area contributed by atoms with Crippen molar-refractivity contribution in [2.24, 2.45) is 7.05 Å². The number of anilines is 1. The molecule has 2 heterocycles. The fourth-order valence-electron chi connectivity index (χ4n) is 3.14. The second-order valence-corrected chi connectivity index (χ2v) is 8.37. The highest BCUT2D eigenvalue weighted by Crippen LogP contribution is 2.36. The number of aryl methyl sites for hydroxylation is 1. The van der Waals surface area contributed by atoms with Crippen molar-refractivity contribution in [3.8, 4) is 11.5 Å². The summed E-state index contributed by atoms with van der Waals surface area (Å²) in [5.74, 6) is 1.99. The fourth-order valence-corrected chi connectivity index (χ4v) is 3.96. The van der Waals surface area contributed by atoms with Gasteiger partial charge in [-0.25, -0.2) is 0 Å². The Labute approximate surface area is 179 Å². The summed E-state index contributed by atoms with van der Waals surface area (Å²) in [7, 11) is 1.87. The summed E-state index contributed by atoms with van der Waals surface area (Å²) >= 11 is 1.36. The standard InChI is InChI=1S/C22H24N4O3S/c1-4-15-9-11-16(12-10-15)23-21(27)14(2)30-22-25-24-20(26(22)3)19-13-28-17-7-5-6-8-18(17)29-19/h5-12,14,19H,4,13H2,1-3H3,(H,23,27)/t14-,19-/m0/s1. The number of hydrogen-bond donors (Lipinski definition) is 1. The Kier molecular flexibility index (Phi) is 5.94. The maximum atomic E-state index is 12.6. The van der Waals surface area contributed by atoms with Gasteiger partial charge in [0.2, 0.25) is 5.91 Å². The normalized spacial score (nSPS) is 16.2. The predicted octanol–water partition coefficient (Wildman–Crippen LogP) is 4.01. The van der Waals surface area contributed by atoms with Crippen LogP contribution in [0, 0.1) is 0 Å². The van der Waals surface area contributed by atoms with Crippen LogP contribution in [0.2, 0.25) is 0 Å². The van der Waals surface area contributed by atoms with Gasteiger partial charge >= 0.3 is 0 Å². The van der Waals surface area contributed by atoms with E-state index in [1.807, 2.05) is 67.1 Å². The first-order chi connectivity index (χ1) is 14.5. The summed E-state index contributed by atoms with van der Waals surface area (Å²) in [6.07, 6.45) is 0.615. The third-order valence-corrected chi connectivity index (χ3v) is 6.08. The second kappa shape index (κ2) is 8.79. The third-order valence-electron chi connectivity index (χ3n) is 4.95. The van der Waals surface area contributed by atoms with Crippen LogP contribution in [-0.2, 0) is 18.3 Å². The summed E-state index contributed by atoms with van der Waals surface area (Å²) < 4.78 is 13.7. The molecule has 1 amide bonds. The van der Waals surface area contributed by atoms with E-state index >= 15 is 0 Å². The van der Waals surface area contributed by atoms with Gasteiger partial charge in [-0.3, -0.25) is 4.79 Å².